The van der Waals surface area contributed by atoms with E-state index < -0.39 is 5.97 Å². The van der Waals surface area contributed by atoms with E-state index in [-0.39, 0.29) is 11.6 Å². The average Bonchev–Trinajstić information content (AvgIpc) is 2.92. The highest BCUT2D eigenvalue weighted by atomic mass is 16.5. The highest BCUT2D eigenvalue weighted by Crippen LogP contribution is 2.37. The van der Waals surface area contributed by atoms with Gasteiger partial charge in [0.2, 0.25) is 5.91 Å². The molecule has 1 aromatic carbocycles. The number of hydrogen-bond acceptors (Lipinski definition) is 7. The van der Waals surface area contributed by atoms with Crippen LogP contribution in [-0.2, 0) is 4.74 Å². The summed E-state index contributed by atoms with van der Waals surface area (Å²) in [7, 11) is 4.30. The zero-order valence-electron chi connectivity index (χ0n) is 13.6. The molecule has 0 amide bonds. The largest absolute Gasteiger partial charge is 0.493 e. The van der Waals surface area contributed by atoms with E-state index in [4.69, 9.17) is 9.47 Å². The molecule has 0 spiro atoms. The van der Waals surface area contributed by atoms with Gasteiger partial charge < -0.3 is 14.2 Å². The minimum absolute atomic E-state index is 0.0578. The Kier molecular flexibility index (Phi) is 3.80. The highest BCUT2D eigenvalue weighted by molar-refractivity contribution is 6.13. The van der Waals surface area contributed by atoms with E-state index in [9.17, 15) is 9.59 Å². The minimum Gasteiger partial charge on any atom is -0.493 e. The van der Waals surface area contributed by atoms with E-state index in [0.29, 0.717) is 33.4 Å². The molecule has 8 nitrogen and oxygen atoms in total. The highest BCUT2D eigenvalue weighted by Gasteiger charge is 2.20. The lowest BCUT2D eigenvalue weighted by atomic mass is 10.1. The maximum absolute atomic E-state index is 12.1. The Morgan fingerprint density at radius 2 is 1.62 bits per heavy atom. The normalized spacial score (nSPS) is 10.8. The summed E-state index contributed by atoms with van der Waals surface area (Å²) in [4.78, 5) is 23.8. The monoisotopic (exact) mass is 329 g/mol. The number of nitrogens with zero attached hydrogens (tertiary/aromatic N) is 3. The molecule has 3 rings (SSSR count). The Morgan fingerprint density at radius 3 is 2.21 bits per heavy atom. The first-order valence-electron chi connectivity index (χ1n) is 7.05. The summed E-state index contributed by atoms with van der Waals surface area (Å²) in [6.45, 7) is 1.42. The zero-order chi connectivity index (χ0) is 17.4. The first kappa shape index (κ1) is 15.7. The van der Waals surface area contributed by atoms with Crippen LogP contribution in [0.25, 0.3) is 21.9 Å². The van der Waals surface area contributed by atoms with Gasteiger partial charge in [0.25, 0.3) is 0 Å². The molecule has 0 fully saturated rings. The van der Waals surface area contributed by atoms with Crippen LogP contribution in [0.15, 0.2) is 18.2 Å². The molecule has 0 aliphatic carbocycles. The molecule has 0 saturated heterocycles. The van der Waals surface area contributed by atoms with Gasteiger partial charge in [-0.05, 0) is 12.1 Å². The van der Waals surface area contributed by atoms with Crippen molar-refractivity contribution in [3.8, 4) is 11.5 Å². The van der Waals surface area contributed by atoms with Crippen LogP contribution in [0.3, 0.4) is 0 Å². The lowest BCUT2D eigenvalue weighted by Crippen LogP contribution is -2.09. The van der Waals surface area contributed by atoms with Gasteiger partial charge in [0.05, 0.1) is 26.8 Å². The topological polar surface area (TPSA) is 92.5 Å². The molecule has 3 aromatic rings. The molecule has 2 aromatic heterocycles. The van der Waals surface area contributed by atoms with Gasteiger partial charge in [0, 0.05) is 23.8 Å². The molecular weight excluding hydrogens is 314 g/mol. The van der Waals surface area contributed by atoms with Gasteiger partial charge in [-0.25, -0.2) is 4.79 Å². The third-order valence-electron chi connectivity index (χ3n) is 3.73. The summed E-state index contributed by atoms with van der Waals surface area (Å²) in [6.07, 6.45) is 0. The van der Waals surface area contributed by atoms with E-state index in [1.807, 2.05) is 0 Å². The van der Waals surface area contributed by atoms with E-state index in [0.717, 1.165) is 0 Å². The van der Waals surface area contributed by atoms with Crippen molar-refractivity contribution in [2.75, 3.05) is 21.3 Å². The summed E-state index contributed by atoms with van der Waals surface area (Å²) in [5.41, 5.74) is 0.995. The maximum atomic E-state index is 12.1. The van der Waals surface area contributed by atoms with Crippen LogP contribution in [0.4, 0.5) is 0 Å². The van der Waals surface area contributed by atoms with E-state index in [1.165, 1.54) is 32.8 Å². The fraction of sp³-hybridized carbons (Fsp3) is 0.250. The number of carbonyl (C=O) groups is 2. The van der Waals surface area contributed by atoms with Crippen LogP contribution < -0.4 is 9.47 Å². The molecule has 0 atom stereocenters. The van der Waals surface area contributed by atoms with Crippen LogP contribution in [0.5, 0.6) is 11.5 Å². The molecule has 0 unspecified atom stereocenters. The van der Waals surface area contributed by atoms with Crippen molar-refractivity contribution in [1.29, 1.82) is 0 Å². The summed E-state index contributed by atoms with van der Waals surface area (Å²) < 4.78 is 16.7. The smallest absolute Gasteiger partial charge is 0.358 e. The van der Waals surface area contributed by atoms with Crippen molar-refractivity contribution in [1.82, 2.24) is 14.8 Å². The van der Waals surface area contributed by atoms with Crippen LogP contribution in [0.2, 0.25) is 0 Å². The molecule has 0 aliphatic rings. The van der Waals surface area contributed by atoms with E-state index in [1.54, 1.807) is 18.2 Å². The first-order chi connectivity index (χ1) is 11.5. The van der Waals surface area contributed by atoms with E-state index >= 15 is 0 Å². The first-order valence-corrected chi connectivity index (χ1v) is 7.05. The molecule has 0 saturated carbocycles. The second-order valence-electron chi connectivity index (χ2n) is 5.04. The van der Waals surface area contributed by atoms with Gasteiger partial charge in [-0.2, -0.15) is 0 Å². The Labute approximate surface area is 136 Å². The SMILES string of the molecule is COC(=O)c1cc2c3cc(OC)c(OC)cc3n(C(C)=O)c2nn1. The number of ether oxygens (including phenoxy) is 3. The van der Waals surface area contributed by atoms with Gasteiger partial charge in [-0.15, -0.1) is 10.2 Å². The number of carbonyl (C=O) groups excluding carboxylic acids is 2. The van der Waals surface area contributed by atoms with Gasteiger partial charge in [0.1, 0.15) is 0 Å². The fourth-order valence-corrected chi connectivity index (χ4v) is 2.65. The summed E-state index contributed by atoms with van der Waals surface area (Å²) >= 11 is 0. The van der Waals surface area contributed by atoms with Gasteiger partial charge in [0.15, 0.2) is 22.8 Å². The number of aromatic nitrogens is 3. The molecule has 2 heterocycles. The molecule has 0 radical (unpaired) electrons. The number of fused-ring (bicyclic) bond motifs is 3. The Balaban J connectivity index is 2.45. The lowest BCUT2D eigenvalue weighted by Gasteiger charge is -2.08. The number of rotatable bonds is 3. The minimum atomic E-state index is -0.603. The zero-order valence-corrected chi connectivity index (χ0v) is 13.6. The van der Waals surface area contributed by atoms with Crippen LogP contribution in [-0.4, -0.2) is 48.0 Å². The second kappa shape index (κ2) is 5.80. The number of esters is 1. The second-order valence-corrected chi connectivity index (χ2v) is 5.04. The summed E-state index contributed by atoms with van der Waals surface area (Å²) in [5, 5.41) is 9.16. The predicted octanol–water partition coefficient (Wildman–Crippen LogP) is 2.05. The third-order valence-corrected chi connectivity index (χ3v) is 3.73. The summed E-state index contributed by atoms with van der Waals surface area (Å²) in [6, 6.07) is 4.97. The predicted molar refractivity (Wildman–Crippen MR) is 85.8 cm³/mol. The number of hydrogen-bond donors (Lipinski definition) is 0. The van der Waals surface area contributed by atoms with Crippen molar-refractivity contribution in [3.63, 3.8) is 0 Å². The standard InChI is InChI=1S/C16H15N3O5/c1-8(20)19-12-7-14(23-3)13(22-2)6-9(12)10-5-11(16(21)24-4)17-18-15(10)19/h5-7H,1-4H3. The molecule has 0 aliphatic heterocycles. The molecular formula is C16H15N3O5. The Bertz CT molecular complexity index is 977. The molecule has 124 valence electrons. The third kappa shape index (κ3) is 2.23. The number of benzene rings is 1. The Morgan fingerprint density at radius 1 is 0.958 bits per heavy atom. The Hall–Kier alpha value is -3.16. The van der Waals surface area contributed by atoms with Crippen molar-refractivity contribution in [2.45, 2.75) is 6.92 Å². The fourth-order valence-electron chi connectivity index (χ4n) is 2.65. The quantitative estimate of drug-likeness (QED) is 0.679. The lowest BCUT2D eigenvalue weighted by molar-refractivity contribution is 0.0593. The molecule has 24 heavy (non-hydrogen) atoms. The van der Waals surface area contributed by atoms with Crippen LogP contribution >= 0.6 is 0 Å². The molecule has 0 bridgehead atoms. The average molecular weight is 329 g/mol. The van der Waals surface area contributed by atoms with Crippen molar-refractivity contribution in [3.05, 3.63) is 23.9 Å². The molecule has 8 heteroatoms. The van der Waals surface area contributed by atoms with Crippen LogP contribution in [0.1, 0.15) is 22.2 Å². The molecule has 0 N–H and O–H groups in total. The van der Waals surface area contributed by atoms with Crippen molar-refractivity contribution in [2.24, 2.45) is 0 Å². The number of methoxy groups -OCH3 is 3. The van der Waals surface area contributed by atoms with Crippen LogP contribution in [0, 0.1) is 0 Å². The van der Waals surface area contributed by atoms with E-state index in [2.05, 4.69) is 14.9 Å². The maximum Gasteiger partial charge on any atom is 0.358 e. The van der Waals surface area contributed by atoms with Gasteiger partial charge >= 0.3 is 5.97 Å². The van der Waals surface area contributed by atoms with Gasteiger partial charge in [-0.3, -0.25) is 9.36 Å². The van der Waals surface area contributed by atoms with Crippen molar-refractivity contribution >= 4 is 33.8 Å². The van der Waals surface area contributed by atoms with Gasteiger partial charge in [-0.1, -0.05) is 0 Å². The van der Waals surface area contributed by atoms with Crippen molar-refractivity contribution < 1.29 is 23.8 Å². The summed E-state index contributed by atoms with van der Waals surface area (Å²) in [5.74, 6) is 0.149.